The standard InChI is InChI=1S/C14H12ClN5OS/c1-8(13(21)20-10-5-3-2-4-9(10)15)22-14-11-12(17-6-16-11)18-7-19-14/h2-8H,1H3,(H,20,21)(H,16,17,18,19)/t8-/m0/s1. The van der Waals surface area contributed by atoms with Crippen molar-refractivity contribution in [1.29, 1.82) is 0 Å². The topological polar surface area (TPSA) is 83.6 Å². The molecule has 0 saturated carbocycles. The van der Waals surface area contributed by atoms with Crippen LogP contribution in [0.1, 0.15) is 6.92 Å². The minimum absolute atomic E-state index is 0.149. The third-order valence-electron chi connectivity index (χ3n) is 2.98. The van der Waals surface area contributed by atoms with Crippen LogP contribution >= 0.6 is 23.4 Å². The van der Waals surface area contributed by atoms with Crippen molar-refractivity contribution in [3.05, 3.63) is 41.9 Å². The van der Waals surface area contributed by atoms with Gasteiger partial charge in [0.25, 0.3) is 0 Å². The number of H-pyrrole nitrogens is 1. The quantitative estimate of drug-likeness (QED) is 0.566. The summed E-state index contributed by atoms with van der Waals surface area (Å²) < 4.78 is 0. The van der Waals surface area contributed by atoms with Crippen LogP contribution in [0.5, 0.6) is 0 Å². The molecule has 2 aromatic heterocycles. The Balaban J connectivity index is 1.74. The minimum atomic E-state index is -0.349. The van der Waals surface area contributed by atoms with Crippen LogP contribution in [-0.4, -0.2) is 31.1 Å². The van der Waals surface area contributed by atoms with Crippen molar-refractivity contribution in [2.24, 2.45) is 0 Å². The Hall–Kier alpha value is -2.12. The van der Waals surface area contributed by atoms with Crippen molar-refractivity contribution >= 4 is 46.1 Å². The van der Waals surface area contributed by atoms with Crippen LogP contribution in [0.25, 0.3) is 11.2 Å². The van der Waals surface area contributed by atoms with E-state index in [0.29, 0.717) is 21.4 Å². The number of hydrogen-bond acceptors (Lipinski definition) is 5. The fourth-order valence-electron chi connectivity index (χ4n) is 1.85. The number of nitrogens with zero attached hydrogens (tertiary/aromatic N) is 3. The summed E-state index contributed by atoms with van der Waals surface area (Å²) in [6.45, 7) is 1.81. The number of halogens is 1. The van der Waals surface area contributed by atoms with Crippen molar-refractivity contribution in [2.75, 3.05) is 5.32 Å². The predicted molar refractivity (Wildman–Crippen MR) is 87.1 cm³/mol. The molecule has 0 unspecified atom stereocenters. The second kappa shape index (κ2) is 6.33. The number of amides is 1. The maximum Gasteiger partial charge on any atom is 0.237 e. The lowest BCUT2D eigenvalue weighted by atomic mass is 10.3. The van der Waals surface area contributed by atoms with Crippen LogP contribution in [0.4, 0.5) is 5.69 Å². The van der Waals surface area contributed by atoms with E-state index in [1.807, 2.05) is 12.1 Å². The molecule has 0 spiro atoms. The lowest BCUT2D eigenvalue weighted by molar-refractivity contribution is -0.115. The zero-order chi connectivity index (χ0) is 15.5. The highest BCUT2D eigenvalue weighted by molar-refractivity contribution is 8.00. The van der Waals surface area contributed by atoms with E-state index in [4.69, 9.17) is 11.6 Å². The Labute approximate surface area is 135 Å². The second-order valence-electron chi connectivity index (χ2n) is 4.51. The lowest BCUT2D eigenvalue weighted by Crippen LogP contribution is -2.22. The SMILES string of the molecule is C[C@H](Sc1ncnc2nc[nH]c12)C(=O)Nc1ccccc1Cl. The van der Waals surface area contributed by atoms with Gasteiger partial charge in [-0.3, -0.25) is 4.79 Å². The summed E-state index contributed by atoms with van der Waals surface area (Å²) in [6, 6.07) is 7.12. The molecule has 3 rings (SSSR count). The van der Waals surface area contributed by atoms with Crippen LogP contribution < -0.4 is 5.32 Å². The molecule has 1 atom stereocenters. The van der Waals surface area contributed by atoms with Gasteiger partial charge in [0, 0.05) is 0 Å². The molecule has 6 nitrogen and oxygen atoms in total. The van der Waals surface area contributed by atoms with Crippen LogP contribution in [0, 0.1) is 0 Å². The normalized spacial score (nSPS) is 12.3. The molecule has 0 radical (unpaired) electrons. The summed E-state index contributed by atoms with van der Waals surface area (Å²) >= 11 is 7.37. The Morgan fingerprint density at radius 1 is 1.32 bits per heavy atom. The average molecular weight is 334 g/mol. The molecule has 0 bridgehead atoms. The summed E-state index contributed by atoms with van der Waals surface area (Å²) in [5.41, 5.74) is 1.90. The number of carbonyl (C=O) groups excluding carboxylic acids is 1. The fraction of sp³-hybridized carbons (Fsp3) is 0.143. The number of rotatable bonds is 4. The van der Waals surface area contributed by atoms with E-state index in [-0.39, 0.29) is 11.2 Å². The first-order valence-electron chi connectivity index (χ1n) is 6.51. The molecular weight excluding hydrogens is 322 g/mol. The number of aromatic amines is 1. The highest BCUT2D eigenvalue weighted by Crippen LogP contribution is 2.27. The molecule has 2 N–H and O–H groups in total. The number of fused-ring (bicyclic) bond motifs is 1. The van der Waals surface area contributed by atoms with E-state index in [0.717, 1.165) is 5.52 Å². The van der Waals surface area contributed by atoms with E-state index in [2.05, 4.69) is 25.3 Å². The van der Waals surface area contributed by atoms with Gasteiger partial charge in [-0.25, -0.2) is 15.0 Å². The molecule has 8 heteroatoms. The molecule has 22 heavy (non-hydrogen) atoms. The molecule has 3 aromatic rings. The largest absolute Gasteiger partial charge is 0.341 e. The monoisotopic (exact) mass is 333 g/mol. The Bertz CT molecular complexity index is 822. The first-order valence-corrected chi connectivity index (χ1v) is 7.77. The first-order chi connectivity index (χ1) is 10.6. The van der Waals surface area contributed by atoms with E-state index < -0.39 is 0 Å². The van der Waals surface area contributed by atoms with Crippen molar-refractivity contribution in [2.45, 2.75) is 17.2 Å². The first kappa shape index (κ1) is 14.8. The molecule has 0 saturated heterocycles. The molecule has 2 heterocycles. The molecule has 0 aliphatic carbocycles. The van der Waals surface area contributed by atoms with Gasteiger partial charge in [-0.1, -0.05) is 35.5 Å². The van der Waals surface area contributed by atoms with Crippen molar-refractivity contribution < 1.29 is 4.79 Å². The third kappa shape index (κ3) is 3.05. The van der Waals surface area contributed by atoms with Gasteiger partial charge in [0.15, 0.2) is 5.65 Å². The number of imidazole rings is 1. The van der Waals surface area contributed by atoms with Crippen molar-refractivity contribution in [3.63, 3.8) is 0 Å². The van der Waals surface area contributed by atoms with Gasteiger partial charge in [0.2, 0.25) is 5.91 Å². The zero-order valence-electron chi connectivity index (χ0n) is 11.6. The maximum absolute atomic E-state index is 12.3. The highest BCUT2D eigenvalue weighted by atomic mass is 35.5. The van der Waals surface area contributed by atoms with Gasteiger partial charge < -0.3 is 10.3 Å². The average Bonchev–Trinajstić information content (AvgIpc) is 2.99. The van der Waals surface area contributed by atoms with Gasteiger partial charge in [0.1, 0.15) is 16.9 Å². The summed E-state index contributed by atoms with van der Waals surface area (Å²) in [5, 5.41) is 3.65. The number of hydrogen-bond donors (Lipinski definition) is 2. The summed E-state index contributed by atoms with van der Waals surface area (Å²) in [6.07, 6.45) is 2.99. The lowest BCUT2D eigenvalue weighted by Gasteiger charge is -2.12. The van der Waals surface area contributed by atoms with Gasteiger partial charge in [-0.05, 0) is 19.1 Å². The number of carbonyl (C=O) groups is 1. The molecule has 0 aliphatic rings. The summed E-state index contributed by atoms with van der Waals surface area (Å²) in [4.78, 5) is 27.6. The zero-order valence-corrected chi connectivity index (χ0v) is 13.1. The van der Waals surface area contributed by atoms with Crippen LogP contribution in [-0.2, 0) is 4.79 Å². The number of anilines is 1. The summed E-state index contributed by atoms with van der Waals surface area (Å²) in [5.74, 6) is -0.149. The van der Waals surface area contributed by atoms with Crippen molar-refractivity contribution in [3.8, 4) is 0 Å². The second-order valence-corrected chi connectivity index (χ2v) is 6.25. The number of thioether (sulfide) groups is 1. The fourth-order valence-corrected chi connectivity index (χ4v) is 2.91. The number of benzene rings is 1. The smallest absolute Gasteiger partial charge is 0.237 e. The van der Waals surface area contributed by atoms with Crippen LogP contribution in [0.3, 0.4) is 0 Å². The molecule has 0 aliphatic heterocycles. The van der Waals surface area contributed by atoms with Crippen LogP contribution in [0.15, 0.2) is 41.9 Å². The predicted octanol–water partition coefficient (Wildman–Crippen LogP) is 3.13. The number of para-hydroxylation sites is 1. The highest BCUT2D eigenvalue weighted by Gasteiger charge is 2.18. The van der Waals surface area contributed by atoms with E-state index >= 15 is 0 Å². The number of aromatic nitrogens is 4. The van der Waals surface area contributed by atoms with E-state index in [9.17, 15) is 4.79 Å². The van der Waals surface area contributed by atoms with Gasteiger partial charge in [-0.2, -0.15) is 0 Å². The molecule has 1 amide bonds. The number of nitrogens with one attached hydrogen (secondary N) is 2. The van der Waals surface area contributed by atoms with E-state index in [1.54, 1.807) is 25.4 Å². The van der Waals surface area contributed by atoms with E-state index in [1.165, 1.54) is 18.1 Å². The minimum Gasteiger partial charge on any atom is -0.341 e. The molecule has 0 fully saturated rings. The van der Waals surface area contributed by atoms with Gasteiger partial charge >= 0.3 is 0 Å². The molecule has 112 valence electrons. The van der Waals surface area contributed by atoms with Crippen molar-refractivity contribution in [1.82, 2.24) is 19.9 Å². The van der Waals surface area contributed by atoms with Gasteiger partial charge in [0.05, 0.1) is 22.3 Å². The van der Waals surface area contributed by atoms with Gasteiger partial charge in [-0.15, -0.1) is 0 Å². The molecular formula is C14H12ClN5OS. The summed E-state index contributed by atoms with van der Waals surface area (Å²) in [7, 11) is 0. The Kier molecular flexibility index (Phi) is 4.26. The maximum atomic E-state index is 12.3. The third-order valence-corrected chi connectivity index (χ3v) is 4.41. The molecule has 1 aromatic carbocycles. The Morgan fingerprint density at radius 3 is 2.95 bits per heavy atom. The Morgan fingerprint density at radius 2 is 2.14 bits per heavy atom. The van der Waals surface area contributed by atoms with Crippen LogP contribution in [0.2, 0.25) is 5.02 Å².